The number of carbonyl (C=O) groups excluding carboxylic acids is 1. The van der Waals surface area contributed by atoms with E-state index in [1.165, 1.54) is 12.1 Å². The number of anilines is 1. The van der Waals surface area contributed by atoms with Crippen molar-refractivity contribution in [1.29, 1.82) is 0 Å². The topological polar surface area (TPSA) is 54.6 Å². The number of amides is 1. The van der Waals surface area contributed by atoms with E-state index < -0.39 is 5.82 Å². The third kappa shape index (κ3) is 3.89. The summed E-state index contributed by atoms with van der Waals surface area (Å²) >= 11 is 3.34. The Bertz CT molecular complexity index is 1050. The summed E-state index contributed by atoms with van der Waals surface area (Å²) in [5.41, 5.74) is 2.72. The lowest BCUT2D eigenvalue weighted by Gasteiger charge is -2.08. The van der Waals surface area contributed by atoms with Crippen molar-refractivity contribution in [2.75, 3.05) is 17.6 Å². The van der Waals surface area contributed by atoms with Gasteiger partial charge in [0.25, 0.3) is 5.91 Å². The number of nitrogens with one attached hydrogen (secondary N) is 1. The second-order valence-corrected chi connectivity index (χ2v) is 8.41. The van der Waals surface area contributed by atoms with Crippen LogP contribution in [0.4, 0.5) is 10.1 Å². The number of fused-ring (bicyclic) bond motifs is 1. The fourth-order valence-corrected chi connectivity index (χ4v) is 4.91. The standard InChI is InChI=1S/C20H17FN2O2S2/c1-12-6-7-13(21)10-16(12)23-19(24)18-15(11-27-20-22-8-9-26-20)14-4-2-3-5-17(14)25-18/h2-7,10H,8-9,11H2,1H3,(H,23,24). The number of aliphatic imine (C=N–C) groups is 1. The van der Waals surface area contributed by atoms with Crippen molar-refractivity contribution in [1.82, 2.24) is 0 Å². The van der Waals surface area contributed by atoms with Crippen LogP contribution >= 0.6 is 23.5 Å². The van der Waals surface area contributed by atoms with Gasteiger partial charge in [-0.1, -0.05) is 47.8 Å². The lowest BCUT2D eigenvalue weighted by atomic mass is 10.1. The molecule has 0 fully saturated rings. The van der Waals surface area contributed by atoms with Gasteiger partial charge >= 0.3 is 0 Å². The Kier molecular flexibility index (Phi) is 5.22. The van der Waals surface area contributed by atoms with Gasteiger partial charge in [0.05, 0.1) is 6.54 Å². The molecule has 1 aliphatic heterocycles. The molecule has 2 aromatic carbocycles. The van der Waals surface area contributed by atoms with Gasteiger partial charge in [-0.15, -0.1) is 0 Å². The summed E-state index contributed by atoms with van der Waals surface area (Å²) in [4.78, 5) is 17.3. The number of carbonyl (C=O) groups is 1. The number of rotatable bonds is 4. The van der Waals surface area contributed by atoms with Gasteiger partial charge < -0.3 is 9.73 Å². The van der Waals surface area contributed by atoms with Crippen molar-refractivity contribution in [2.45, 2.75) is 12.7 Å². The molecule has 2 heterocycles. The van der Waals surface area contributed by atoms with Crippen LogP contribution in [0.15, 0.2) is 51.9 Å². The highest BCUT2D eigenvalue weighted by Gasteiger charge is 2.22. The van der Waals surface area contributed by atoms with E-state index in [1.807, 2.05) is 31.2 Å². The van der Waals surface area contributed by atoms with Gasteiger partial charge in [-0.25, -0.2) is 4.39 Å². The molecule has 1 amide bonds. The summed E-state index contributed by atoms with van der Waals surface area (Å²) < 4.78 is 20.4. The number of aryl methyl sites for hydroxylation is 1. The highest BCUT2D eigenvalue weighted by molar-refractivity contribution is 8.38. The minimum atomic E-state index is -0.396. The number of benzene rings is 2. The minimum Gasteiger partial charge on any atom is -0.451 e. The average molecular weight is 401 g/mol. The molecular formula is C20H17FN2O2S2. The predicted molar refractivity (Wildman–Crippen MR) is 111 cm³/mol. The molecule has 0 bridgehead atoms. The van der Waals surface area contributed by atoms with Crippen LogP contribution in [-0.2, 0) is 5.75 Å². The highest BCUT2D eigenvalue weighted by Crippen LogP contribution is 2.33. The van der Waals surface area contributed by atoms with Crippen LogP contribution < -0.4 is 5.32 Å². The van der Waals surface area contributed by atoms with Crippen LogP contribution in [-0.4, -0.2) is 22.6 Å². The average Bonchev–Trinajstić information content (AvgIpc) is 3.30. The zero-order valence-corrected chi connectivity index (χ0v) is 16.3. The zero-order valence-electron chi connectivity index (χ0n) is 14.6. The van der Waals surface area contributed by atoms with E-state index in [2.05, 4.69) is 10.3 Å². The molecule has 0 unspecified atom stereocenters. The number of thioether (sulfide) groups is 2. The Morgan fingerprint density at radius 3 is 3.00 bits per heavy atom. The van der Waals surface area contributed by atoms with Crippen molar-refractivity contribution in [3.8, 4) is 0 Å². The molecule has 0 saturated heterocycles. The largest absolute Gasteiger partial charge is 0.451 e. The molecule has 138 valence electrons. The van der Waals surface area contributed by atoms with E-state index in [1.54, 1.807) is 29.6 Å². The number of nitrogens with zero attached hydrogens (tertiary/aromatic N) is 1. The molecule has 4 rings (SSSR count). The van der Waals surface area contributed by atoms with E-state index >= 15 is 0 Å². The number of furan rings is 1. The zero-order chi connectivity index (χ0) is 18.8. The molecule has 0 aliphatic carbocycles. The smallest absolute Gasteiger partial charge is 0.291 e. The van der Waals surface area contributed by atoms with Crippen LogP contribution in [0.3, 0.4) is 0 Å². The van der Waals surface area contributed by atoms with Gasteiger partial charge in [0.2, 0.25) is 0 Å². The van der Waals surface area contributed by atoms with Gasteiger partial charge in [-0.2, -0.15) is 0 Å². The molecule has 0 saturated carbocycles. The van der Waals surface area contributed by atoms with Crippen LogP contribution in [0.2, 0.25) is 0 Å². The number of hydrogen-bond donors (Lipinski definition) is 1. The quantitative estimate of drug-likeness (QED) is 0.631. The van der Waals surface area contributed by atoms with Gasteiger partial charge in [-0.05, 0) is 30.7 Å². The normalized spacial score (nSPS) is 13.8. The van der Waals surface area contributed by atoms with Crippen molar-refractivity contribution in [3.63, 3.8) is 0 Å². The molecule has 4 nitrogen and oxygen atoms in total. The monoisotopic (exact) mass is 400 g/mol. The van der Waals surface area contributed by atoms with Crippen molar-refractivity contribution in [2.24, 2.45) is 4.99 Å². The molecule has 3 aromatic rings. The molecule has 0 spiro atoms. The number of halogens is 1. The SMILES string of the molecule is Cc1ccc(F)cc1NC(=O)c1oc2ccccc2c1CSC1=NCCS1. The summed E-state index contributed by atoms with van der Waals surface area (Å²) in [6.07, 6.45) is 0. The maximum atomic E-state index is 13.5. The summed E-state index contributed by atoms with van der Waals surface area (Å²) in [6.45, 7) is 2.66. The first kappa shape index (κ1) is 18.1. The van der Waals surface area contributed by atoms with Crippen molar-refractivity contribution < 1.29 is 13.6 Å². The van der Waals surface area contributed by atoms with Crippen LogP contribution in [0, 0.1) is 12.7 Å². The van der Waals surface area contributed by atoms with Crippen LogP contribution in [0.5, 0.6) is 0 Å². The van der Waals surface area contributed by atoms with Crippen molar-refractivity contribution >= 4 is 50.5 Å². The molecule has 1 aromatic heterocycles. The fourth-order valence-electron chi connectivity index (χ4n) is 2.87. The fraction of sp³-hybridized carbons (Fsp3) is 0.200. The molecular weight excluding hydrogens is 383 g/mol. The third-order valence-electron chi connectivity index (χ3n) is 4.25. The van der Waals surface area contributed by atoms with E-state index in [4.69, 9.17) is 4.42 Å². The lowest BCUT2D eigenvalue weighted by Crippen LogP contribution is -2.14. The summed E-state index contributed by atoms with van der Waals surface area (Å²) in [6, 6.07) is 11.9. The molecule has 1 aliphatic rings. The van der Waals surface area contributed by atoms with Crippen LogP contribution in [0.1, 0.15) is 21.7 Å². The summed E-state index contributed by atoms with van der Waals surface area (Å²) in [5, 5.41) is 3.69. The maximum Gasteiger partial charge on any atom is 0.291 e. The Balaban J connectivity index is 1.66. The highest BCUT2D eigenvalue weighted by atomic mass is 32.2. The molecule has 0 radical (unpaired) electrons. The first-order valence-electron chi connectivity index (χ1n) is 8.50. The molecule has 0 atom stereocenters. The van der Waals surface area contributed by atoms with Gasteiger partial charge in [0.1, 0.15) is 15.8 Å². The predicted octanol–water partition coefficient (Wildman–Crippen LogP) is 5.47. The Labute approximate surface area is 164 Å². The maximum absolute atomic E-state index is 13.5. The summed E-state index contributed by atoms with van der Waals surface area (Å²) in [7, 11) is 0. The lowest BCUT2D eigenvalue weighted by molar-refractivity contribution is 0.0997. The van der Waals surface area contributed by atoms with Gasteiger partial charge in [-0.3, -0.25) is 9.79 Å². The Hall–Kier alpha value is -2.25. The third-order valence-corrected chi connectivity index (χ3v) is 6.53. The van der Waals surface area contributed by atoms with Gasteiger partial charge in [0.15, 0.2) is 5.76 Å². The van der Waals surface area contributed by atoms with E-state index in [0.717, 1.165) is 33.2 Å². The Morgan fingerprint density at radius 1 is 1.33 bits per heavy atom. The first-order chi connectivity index (χ1) is 13.1. The number of hydrogen-bond acceptors (Lipinski definition) is 5. The van der Waals surface area contributed by atoms with E-state index in [0.29, 0.717) is 17.0 Å². The Morgan fingerprint density at radius 2 is 2.19 bits per heavy atom. The first-order valence-corrected chi connectivity index (χ1v) is 10.5. The molecule has 1 N–H and O–H groups in total. The molecule has 27 heavy (non-hydrogen) atoms. The summed E-state index contributed by atoms with van der Waals surface area (Å²) in [5.74, 6) is 1.08. The van der Waals surface area contributed by atoms with Crippen LogP contribution in [0.25, 0.3) is 11.0 Å². The van der Waals surface area contributed by atoms with E-state index in [9.17, 15) is 9.18 Å². The van der Waals surface area contributed by atoms with Crippen molar-refractivity contribution in [3.05, 3.63) is 65.2 Å². The molecule has 7 heteroatoms. The number of para-hydroxylation sites is 1. The minimum absolute atomic E-state index is 0.260. The van der Waals surface area contributed by atoms with E-state index in [-0.39, 0.29) is 11.7 Å². The second kappa shape index (κ2) is 7.78. The second-order valence-electron chi connectivity index (χ2n) is 6.10. The van der Waals surface area contributed by atoms with Gasteiger partial charge in [0, 0.05) is 28.1 Å².